The van der Waals surface area contributed by atoms with Crippen LogP contribution in [0.3, 0.4) is 0 Å². The van der Waals surface area contributed by atoms with Crippen LogP contribution in [0.4, 0.5) is 4.79 Å². The highest BCUT2D eigenvalue weighted by atomic mass is 16.6. The van der Waals surface area contributed by atoms with Crippen molar-refractivity contribution in [1.82, 2.24) is 15.5 Å². The van der Waals surface area contributed by atoms with Crippen molar-refractivity contribution in [3.8, 4) is 0 Å². The van der Waals surface area contributed by atoms with Gasteiger partial charge in [0.2, 0.25) is 17.7 Å². The first-order chi connectivity index (χ1) is 16.3. The minimum Gasteiger partial charge on any atom is -0.468 e. The van der Waals surface area contributed by atoms with E-state index in [-0.39, 0.29) is 12.6 Å². The molecule has 2 unspecified atom stereocenters. The van der Waals surface area contributed by atoms with Crippen molar-refractivity contribution in [3.05, 3.63) is 35.4 Å². The molecule has 0 heterocycles. The second kappa shape index (κ2) is 11.7. The summed E-state index contributed by atoms with van der Waals surface area (Å²) in [6.07, 6.45) is -0.108. The van der Waals surface area contributed by atoms with Crippen LogP contribution < -0.4 is 16.4 Å². The van der Waals surface area contributed by atoms with E-state index in [4.69, 9.17) is 10.5 Å². The number of hydrogen-bond donors (Lipinski definition) is 3. The molecule has 2 atom stereocenters. The maximum Gasteiger partial charge on any atom is 0.408 e. The van der Waals surface area contributed by atoms with Crippen molar-refractivity contribution in [2.24, 2.45) is 5.73 Å². The largest absolute Gasteiger partial charge is 0.468 e. The van der Waals surface area contributed by atoms with Gasteiger partial charge in [0.1, 0.15) is 24.2 Å². The number of ether oxygens (including phenoxy) is 2. The van der Waals surface area contributed by atoms with E-state index in [1.54, 1.807) is 52.0 Å². The van der Waals surface area contributed by atoms with E-state index < -0.39 is 53.9 Å². The number of esters is 1. The maximum absolute atomic E-state index is 13.8. The number of carbonyl (C=O) groups is 5. The predicted octanol–water partition coefficient (Wildman–Crippen LogP) is 1.09. The summed E-state index contributed by atoms with van der Waals surface area (Å²) in [7, 11) is 1.20. The Labute approximate surface area is 204 Å². The Bertz CT molecular complexity index is 969. The Balaban J connectivity index is 2.44. The van der Waals surface area contributed by atoms with E-state index in [1.807, 2.05) is 0 Å². The fraction of sp³-hybridized carbons (Fsp3) is 0.542. The van der Waals surface area contributed by atoms with Gasteiger partial charge < -0.3 is 30.7 Å². The Morgan fingerprint density at radius 2 is 1.77 bits per heavy atom. The van der Waals surface area contributed by atoms with Gasteiger partial charge in [-0.1, -0.05) is 24.3 Å². The molecule has 35 heavy (non-hydrogen) atoms. The molecule has 4 N–H and O–H groups in total. The van der Waals surface area contributed by atoms with Gasteiger partial charge in [0.25, 0.3) is 0 Å². The van der Waals surface area contributed by atoms with Crippen molar-refractivity contribution >= 4 is 29.8 Å². The number of hydrogen-bond acceptors (Lipinski definition) is 7. The van der Waals surface area contributed by atoms with E-state index in [1.165, 1.54) is 12.0 Å². The summed E-state index contributed by atoms with van der Waals surface area (Å²) in [5.74, 6) is -2.71. The van der Waals surface area contributed by atoms with Crippen molar-refractivity contribution in [2.75, 3.05) is 13.7 Å². The second-order valence-electron chi connectivity index (χ2n) is 9.40. The van der Waals surface area contributed by atoms with E-state index in [2.05, 4.69) is 15.4 Å². The monoisotopic (exact) mass is 490 g/mol. The van der Waals surface area contributed by atoms with E-state index in [0.29, 0.717) is 18.4 Å². The highest BCUT2D eigenvalue weighted by molar-refractivity contribution is 5.95. The molecule has 0 aromatic heterocycles. The molecule has 0 spiro atoms. The zero-order chi connectivity index (χ0) is 26.3. The van der Waals surface area contributed by atoms with Gasteiger partial charge in [-0.25, -0.2) is 4.79 Å². The zero-order valence-corrected chi connectivity index (χ0v) is 20.8. The SMILES string of the molecule is COC(=O)CNC(=O)C(c1ccccc1C)N(C(=O)C(CC(N)=O)NC(=O)OC(C)(C)C)C1CC1. The van der Waals surface area contributed by atoms with Crippen LogP contribution in [0.5, 0.6) is 0 Å². The average molecular weight is 491 g/mol. The number of carbonyl (C=O) groups excluding carboxylic acids is 5. The van der Waals surface area contributed by atoms with Crippen LogP contribution in [0.2, 0.25) is 0 Å². The quantitative estimate of drug-likeness (QED) is 0.414. The maximum atomic E-state index is 13.8. The number of benzene rings is 1. The number of nitrogens with one attached hydrogen (secondary N) is 2. The summed E-state index contributed by atoms with van der Waals surface area (Å²) < 4.78 is 9.84. The fourth-order valence-corrected chi connectivity index (χ4v) is 3.54. The van der Waals surface area contributed by atoms with Gasteiger partial charge >= 0.3 is 12.1 Å². The molecule has 0 saturated heterocycles. The zero-order valence-electron chi connectivity index (χ0n) is 20.8. The number of nitrogens with zero attached hydrogens (tertiary/aromatic N) is 1. The minimum atomic E-state index is -1.34. The third kappa shape index (κ3) is 8.27. The predicted molar refractivity (Wildman–Crippen MR) is 126 cm³/mol. The summed E-state index contributed by atoms with van der Waals surface area (Å²) in [5.41, 5.74) is 5.82. The molecule has 0 radical (unpaired) electrons. The fourth-order valence-electron chi connectivity index (χ4n) is 3.54. The number of alkyl carbamates (subject to hydrolysis) is 1. The average Bonchev–Trinajstić information content (AvgIpc) is 3.58. The first-order valence-corrected chi connectivity index (χ1v) is 11.3. The molecule has 4 amide bonds. The molecule has 0 aliphatic heterocycles. The highest BCUT2D eigenvalue weighted by Crippen LogP contribution is 2.36. The summed E-state index contributed by atoms with van der Waals surface area (Å²) in [5, 5.41) is 4.95. The van der Waals surface area contributed by atoms with Crippen LogP contribution in [0.25, 0.3) is 0 Å². The van der Waals surface area contributed by atoms with Crippen LogP contribution in [0.15, 0.2) is 24.3 Å². The number of methoxy groups -OCH3 is 1. The lowest BCUT2D eigenvalue weighted by Gasteiger charge is -2.35. The van der Waals surface area contributed by atoms with Gasteiger partial charge in [-0.05, 0) is 51.7 Å². The number of primary amides is 1. The summed E-state index contributed by atoms with van der Waals surface area (Å²) >= 11 is 0. The Kier molecular flexibility index (Phi) is 9.21. The van der Waals surface area contributed by atoms with Crippen LogP contribution >= 0.6 is 0 Å². The first-order valence-electron chi connectivity index (χ1n) is 11.3. The first kappa shape index (κ1) is 27.6. The topological polar surface area (TPSA) is 157 Å². The molecule has 11 nitrogen and oxygen atoms in total. The number of amides is 4. The molecule has 1 fully saturated rings. The Morgan fingerprint density at radius 1 is 1.14 bits per heavy atom. The summed E-state index contributed by atoms with van der Waals surface area (Å²) in [6, 6.07) is 4.28. The molecule has 1 aromatic rings. The number of aryl methyl sites for hydroxylation is 1. The van der Waals surface area contributed by atoms with Crippen molar-refractivity contribution in [1.29, 1.82) is 0 Å². The van der Waals surface area contributed by atoms with E-state index in [9.17, 15) is 24.0 Å². The molecule has 1 aromatic carbocycles. The van der Waals surface area contributed by atoms with Crippen LogP contribution in [-0.4, -0.2) is 66.0 Å². The van der Waals surface area contributed by atoms with Crippen LogP contribution in [0.1, 0.15) is 57.2 Å². The van der Waals surface area contributed by atoms with Crippen molar-refractivity contribution in [3.63, 3.8) is 0 Å². The molecule has 0 bridgehead atoms. The molecule has 1 saturated carbocycles. The standard InChI is InChI=1S/C24H34N4O7/c1-14-8-6-7-9-16(14)20(21(31)26-13-19(30)34-5)28(15-10-11-15)22(32)17(12-18(25)29)27-23(33)35-24(2,3)4/h6-9,15,17,20H,10-13H2,1-5H3,(H2,25,29)(H,26,31)(H,27,33). The second-order valence-corrected chi connectivity index (χ2v) is 9.40. The highest BCUT2D eigenvalue weighted by Gasteiger charge is 2.44. The lowest BCUT2D eigenvalue weighted by atomic mass is 9.97. The molecular formula is C24H34N4O7. The lowest BCUT2D eigenvalue weighted by Crippen LogP contribution is -2.55. The number of nitrogens with two attached hydrogens (primary N) is 1. The van der Waals surface area contributed by atoms with Gasteiger partial charge in [0, 0.05) is 6.04 Å². The molecule has 11 heteroatoms. The number of rotatable bonds is 10. The van der Waals surface area contributed by atoms with Crippen LogP contribution in [-0.2, 0) is 28.7 Å². The van der Waals surface area contributed by atoms with Gasteiger partial charge in [-0.2, -0.15) is 0 Å². The molecule has 2 rings (SSSR count). The van der Waals surface area contributed by atoms with Gasteiger partial charge in [0.15, 0.2) is 0 Å². The van der Waals surface area contributed by atoms with Crippen molar-refractivity contribution < 1.29 is 33.4 Å². The Morgan fingerprint density at radius 3 is 2.29 bits per heavy atom. The smallest absolute Gasteiger partial charge is 0.408 e. The molecular weight excluding hydrogens is 456 g/mol. The normalized spacial score (nSPS) is 14.8. The third-order valence-electron chi connectivity index (χ3n) is 5.23. The Hall–Kier alpha value is -3.63. The van der Waals surface area contributed by atoms with E-state index >= 15 is 0 Å². The van der Waals surface area contributed by atoms with Crippen molar-refractivity contribution in [2.45, 2.75) is 70.7 Å². The minimum absolute atomic E-state index is 0.299. The van der Waals surface area contributed by atoms with Crippen LogP contribution in [0, 0.1) is 6.92 Å². The van der Waals surface area contributed by atoms with Gasteiger partial charge in [0.05, 0.1) is 13.5 Å². The molecule has 192 valence electrons. The third-order valence-corrected chi connectivity index (χ3v) is 5.23. The van der Waals surface area contributed by atoms with Gasteiger partial charge in [-0.15, -0.1) is 0 Å². The van der Waals surface area contributed by atoms with Gasteiger partial charge in [-0.3, -0.25) is 19.2 Å². The lowest BCUT2D eigenvalue weighted by molar-refractivity contribution is -0.145. The van der Waals surface area contributed by atoms with E-state index in [0.717, 1.165) is 5.56 Å². The molecule has 1 aliphatic carbocycles. The summed E-state index contributed by atoms with van der Waals surface area (Å²) in [4.78, 5) is 64.3. The summed E-state index contributed by atoms with van der Waals surface area (Å²) in [6.45, 7) is 6.39. The molecule has 1 aliphatic rings.